The van der Waals surface area contributed by atoms with Gasteiger partial charge in [0.15, 0.2) is 0 Å². The predicted molar refractivity (Wildman–Crippen MR) is 91.5 cm³/mol. The summed E-state index contributed by atoms with van der Waals surface area (Å²) < 4.78 is 29.1. The van der Waals surface area contributed by atoms with Gasteiger partial charge in [-0.3, -0.25) is 14.2 Å². The van der Waals surface area contributed by atoms with Gasteiger partial charge < -0.3 is 5.73 Å². The van der Waals surface area contributed by atoms with Crippen molar-refractivity contribution in [2.75, 3.05) is 4.72 Å². The van der Waals surface area contributed by atoms with E-state index in [9.17, 15) is 13.2 Å². The first-order chi connectivity index (χ1) is 12.3. The SMILES string of the molecule is CCc1nn(C)c(C(N)=O)c1NS(=O)(=O)c1ccc(-c2nn[nH]n2)cc1. The predicted octanol–water partition coefficient (Wildman–Crippen LogP) is 0.0623. The van der Waals surface area contributed by atoms with E-state index in [1.54, 1.807) is 19.1 Å². The zero-order chi connectivity index (χ0) is 18.9. The first kappa shape index (κ1) is 17.5. The number of carbonyl (C=O) groups is 1. The summed E-state index contributed by atoms with van der Waals surface area (Å²) in [4.78, 5) is 11.7. The van der Waals surface area contributed by atoms with Crippen LogP contribution in [0.4, 0.5) is 5.69 Å². The number of carbonyl (C=O) groups excluding carboxylic acids is 1. The molecule has 1 aromatic carbocycles. The molecule has 2 heterocycles. The number of nitrogens with zero attached hydrogens (tertiary/aromatic N) is 5. The molecule has 3 aromatic rings. The zero-order valence-electron chi connectivity index (χ0n) is 14.0. The number of aromatic nitrogens is 6. The smallest absolute Gasteiger partial charge is 0.269 e. The van der Waals surface area contributed by atoms with Gasteiger partial charge in [0.25, 0.3) is 15.9 Å². The summed E-state index contributed by atoms with van der Waals surface area (Å²) in [6, 6.07) is 5.91. The lowest BCUT2D eigenvalue weighted by Gasteiger charge is -2.09. The van der Waals surface area contributed by atoms with Crippen LogP contribution < -0.4 is 10.5 Å². The van der Waals surface area contributed by atoms with Gasteiger partial charge in [-0.1, -0.05) is 6.92 Å². The molecule has 11 nitrogen and oxygen atoms in total. The molecule has 2 aromatic heterocycles. The summed E-state index contributed by atoms with van der Waals surface area (Å²) in [6.07, 6.45) is 0.426. The van der Waals surface area contributed by atoms with E-state index in [-0.39, 0.29) is 16.3 Å². The molecule has 0 aliphatic heterocycles. The topological polar surface area (TPSA) is 162 Å². The van der Waals surface area contributed by atoms with Crippen LogP contribution in [0, 0.1) is 0 Å². The van der Waals surface area contributed by atoms with Crippen molar-refractivity contribution in [2.24, 2.45) is 12.8 Å². The number of nitrogens with two attached hydrogens (primary N) is 1. The van der Waals surface area contributed by atoms with Crippen LogP contribution in [0.5, 0.6) is 0 Å². The van der Waals surface area contributed by atoms with Crippen LogP contribution in [0.3, 0.4) is 0 Å². The molecule has 0 bridgehead atoms. The molecule has 0 aliphatic rings. The molecule has 0 fully saturated rings. The van der Waals surface area contributed by atoms with Crippen LogP contribution in [0.1, 0.15) is 23.1 Å². The number of amides is 1. The summed E-state index contributed by atoms with van der Waals surface area (Å²) >= 11 is 0. The van der Waals surface area contributed by atoms with Gasteiger partial charge >= 0.3 is 0 Å². The minimum absolute atomic E-state index is 0.00562. The number of anilines is 1. The minimum atomic E-state index is -3.95. The maximum Gasteiger partial charge on any atom is 0.269 e. The van der Waals surface area contributed by atoms with Crippen molar-refractivity contribution in [1.82, 2.24) is 30.4 Å². The molecule has 12 heteroatoms. The van der Waals surface area contributed by atoms with Crippen LogP contribution in [0.25, 0.3) is 11.4 Å². The Morgan fingerprint density at radius 3 is 2.54 bits per heavy atom. The minimum Gasteiger partial charge on any atom is -0.364 e. The molecule has 0 aliphatic carbocycles. The highest BCUT2D eigenvalue weighted by Gasteiger charge is 2.24. The van der Waals surface area contributed by atoms with Gasteiger partial charge in [-0.25, -0.2) is 8.42 Å². The number of rotatable bonds is 6. The normalized spacial score (nSPS) is 11.5. The van der Waals surface area contributed by atoms with E-state index in [0.29, 0.717) is 23.5 Å². The second-order valence-corrected chi connectivity index (χ2v) is 7.06. The largest absolute Gasteiger partial charge is 0.364 e. The van der Waals surface area contributed by atoms with E-state index < -0.39 is 15.9 Å². The highest BCUT2D eigenvalue weighted by Crippen LogP contribution is 2.25. The number of aromatic amines is 1. The van der Waals surface area contributed by atoms with Crippen molar-refractivity contribution in [2.45, 2.75) is 18.2 Å². The van der Waals surface area contributed by atoms with E-state index in [1.807, 2.05) is 0 Å². The number of aryl methyl sites for hydroxylation is 2. The molecule has 1 amide bonds. The summed E-state index contributed by atoms with van der Waals surface area (Å²) in [5, 5.41) is 17.6. The number of tetrazole rings is 1. The van der Waals surface area contributed by atoms with E-state index in [4.69, 9.17) is 5.73 Å². The number of hydrogen-bond acceptors (Lipinski definition) is 7. The number of hydrogen-bond donors (Lipinski definition) is 3. The number of sulfonamides is 1. The average molecular weight is 376 g/mol. The van der Waals surface area contributed by atoms with Crippen molar-refractivity contribution in [3.8, 4) is 11.4 Å². The molecule has 26 heavy (non-hydrogen) atoms. The van der Waals surface area contributed by atoms with Crippen LogP contribution in [0.2, 0.25) is 0 Å². The lowest BCUT2D eigenvalue weighted by molar-refractivity contribution is 0.0992. The molecule has 0 unspecified atom stereocenters. The number of primary amides is 1. The van der Waals surface area contributed by atoms with E-state index in [0.717, 1.165) is 0 Å². The van der Waals surface area contributed by atoms with E-state index in [2.05, 4.69) is 30.4 Å². The van der Waals surface area contributed by atoms with Crippen molar-refractivity contribution in [1.29, 1.82) is 0 Å². The van der Waals surface area contributed by atoms with Gasteiger partial charge in [-0.15, -0.1) is 10.2 Å². The van der Waals surface area contributed by atoms with Crippen molar-refractivity contribution >= 4 is 21.6 Å². The lowest BCUT2D eigenvalue weighted by Crippen LogP contribution is -2.20. The Bertz CT molecular complexity index is 1040. The quantitative estimate of drug-likeness (QED) is 0.548. The van der Waals surface area contributed by atoms with Crippen molar-refractivity contribution in [3.63, 3.8) is 0 Å². The molecule has 0 saturated carbocycles. The maximum atomic E-state index is 12.7. The molecule has 4 N–H and O–H groups in total. The second kappa shape index (κ2) is 6.55. The maximum absolute atomic E-state index is 12.7. The highest BCUT2D eigenvalue weighted by atomic mass is 32.2. The monoisotopic (exact) mass is 376 g/mol. The fraction of sp³-hybridized carbons (Fsp3) is 0.214. The third-order valence-electron chi connectivity index (χ3n) is 3.69. The Kier molecular flexibility index (Phi) is 4.42. The molecular weight excluding hydrogens is 360 g/mol. The van der Waals surface area contributed by atoms with Crippen LogP contribution in [0.15, 0.2) is 29.2 Å². The molecule has 0 atom stereocenters. The van der Waals surface area contributed by atoms with Crippen LogP contribution in [-0.4, -0.2) is 44.7 Å². The third-order valence-corrected chi connectivity index (χ3v) is 5.06. The Hall–Kier alpha value is -3.28. The van der Waals surface area contributed by atoms with Gasteiger partial charge in [0.05, 0.1) is 10.6 Å². The molecular formula is C14H16N8O3S. The third kappa shape index (κ3) is 3.13. The van der Waals surface area contributed by atoms with Gasteiger partial charge in [-0.2, -0.15) is 10.3 Å². The standard InChI is InChI=1S/C14H16N8O3S/c1-3-10-11(12(13(15)23)22(2)18-10)19-26(24,25)9-6-4-8(5-7-9)14-16-20-21-17-14/h4-7,19H,3H2,1-2H3,(H2,15,23)(H,16,17,20,21). The van der Waals surface area contributed by atoms with Crippen LogP contribution >= 0.6 is 0 Å². The van der Waals surface area contributed by atoms with Gasteiger partial charge in [0.2, 0.25) is 5.82 Å². The summed E-state index contributed by atoms with van der Waals surface area (Å²) in [5.41, 5.74) is 6.47. The first-order valence-electron chi connectivity index (χ1n) is 7.56. The van der Waals surface area contributed by atoms with E-state index in [1.165, 1.54) is 23.9 Å². The lowest BCUT2D eigenvalue weighted by atomic mass is 10.2. The van der Waals surface area contributed by atoms with E-state index >= 15 is 0 Å². The van der Waals surface area contributed by atoms with Crippen LogP contribution in [-0.2, 0) is 23.5 Å². The molecule has 0 spiro atoms. The first-order valence-corrected chi connectivity index (χ1v) is 9.04. The second-order valence-electron chi connectivity index (χ2n) is 5.38. The van der Waals surface area contributed by atoms with Crippen molar-refractivity contribution in [3.05, 3.63) is 35.7 Å². The molecule has 0 saturated heterocycles. The Morgan fingerprint density at radius 1 is 1.31 bits per heavy atom. The van der Waals surface area contributed by atoms with Gasteiger partial charge in [-0.05, 0) is 35.9 Å². The summed E-state index contributed by atoms with van der Waals surface area (Å²) in [5.74, 6) is -0.427. The fourth-order valence-corrected chi connectivity index (χ4v) is 3.57. The Morgan fingerprint density at radius 2 is 2.00 bits per heavy atom. The zero-order valence-corrected chi connectivity index (χ0v) is 14.8. The number of H-pyrrole nitrogens is 1. The average Bonchev–Trinajstić information content (AvgIpc) is 3.22. The Balaban J connectivity index is 1.96. The Labute approximate surface area is 148 Å². The van der Waals surface area contributed by atoms with Gasteiger partial charge in [0, 0.05) is 12.6 Å². The van der Waals surface area contributed by atoms with Gasteiger partial charge in [0.1, 0.15) is 11.4 Å². The number of nitrogens with one attached hydrogen (secondary N) is 2. The summed E-state index contributed by atoms with van der Waals surface area (Å²) in [6.45, 7) is 1.80. The summed E-state index contributed by atoms with van der Waals surface area (Å²) in [7, 11) is -2.42. The van der Waals surface area contributed by atoms with Crippen molar-refractivity contribution < 1.29 is 13.2 Å². The molecule has 3 rings (SSSR count). The number of benzene rings is 1. The fourth-order valence-electron chi connectivity index (χ4n) is 2.48. The molecule has 136 valence electrons. The molecule has 0 radical (unpaired) electrons. The highest BCUT2D eigenvalue weighted by molar-refractivity contribution is 7.92.